The third kappa shape index (κ3) is 6.35. The Morgan fingerprint density at radius 1 is 0.929 bits per heavy atom. The minimum Gasteiger partial charge on any atom is -0.497 e. The Morgan fingerprint density at radius 2 is 1.61 bits per heavy atom. The van der Waals surface area contributed by atoms with Gasteiger partial charge in [-0.25, -0.2) is 4.79 Å². The van der Waals surface area contributed by atoms with E-state index in [2.05, 4.69) is 5.32 Å². The Hall–Kier alpha value is -3.48. The number of rotatable bonds is 9. The van der Waals surface area contributed by atoms with Crippen LogP contribution in [0.25, 0.3) is 6.08 Å². The topological polar surface area (TPSA) is 83.1 Å². The van der Waals surface area contributed by atoms with E-state index in [0.29, 0.717) is 23.6 Å². The summed E-state index contributed by atoms with van der Waals surface area (Å²) in [6.45, 7) is -0.0294. The van der Waals surface area contributed by atoms with Gasteiger partial charge in [-0.05, 0) is 35.9 Å². The first-order chi connectivity index (χ1) is 13.5. The fourth-order valence-electron chi connectivity index (χ4n) is 2.29. The van der Waals surface area contributed by atoms with E-state index in [1.807, 2.05) is 12.1 Å². The molecule has 2 aromatic rings. The number of carbonyl (C=O) groups excluding carboxylic acids is 2. The predicted molar refractivity (Wildman–Crippen MR) is 104 cm³/mol. The number of amides is 1. The molecule has 2 aromatic carbocycles. The lowest BCUT2D eigenvalue weighted by Gasteiger charge is -2.07. The molecule has 148 valence electrons. The van der Waals surface area contributed by atoms with Crippen LogP contribution in [0.2, 0.25) is 0 Å². The molecule has 0 heterocycles. The normalized spacial score (nSPS) is 10.4. The molecule has 0 saturated carbocycles. The molecule has 0 aliphatic heterocycles. The molecule has 7 nitrogen and oxygen atoms in total. The number of carbonyl (C=O) groups is 2. The average molecular weight is 385 g/mol. The average Bonchev–Trinajstić information content (AvgIpc) is 2.74. The zero-order valence-electron chi connectivity index (χ0n) is 16.1. The standard InChI is InChI=1S/C21H23NO6/c1-25-17-8-4-15(5-9-17)13-22-20(23)14-28-21(24)11-7-16-6-10-18(26-2)12-19(16)27-3/h4-12H,13-14H2,1-3H3,(H,22,23)/b11-7+. The summed E-state index contributed by atoms with van der Waals surface area (Å²) in [5.74, 6) is 0.923. The lowest BCUT2D eigenvalue weighted by atomic mass is 10.2. The number of hydrogen-bond donors (Lipinski definition) is 1. The van der Waals surface area contributed by atoms with E-state index in [1.165, 1.54) is 13.2 Å². The first-order valence-corrected chi connectivity index (χ1v) is 8.52. The highest BCUT2D eigenvalue weighted by molar-refractivity contribution is 5.89. The highest BCUT2D eigenvalue weighted by Crippen LogP contribution is 2.25. The molecular formula is C21H23NO6. The summed E-state index contributed by atoms with van der Waals surface area (Å²) < 4.78 is 20.4. The van der Waals surface area contributed by atoms with E-state index >= 15 is 0 Å². The van der Waals surface area contributed by atoms with Crippen LogP contribution < -0.4 is 19.5 Å². The second-order valence-corrected chi connectivity index (χ2v) is 5.67. The van der Waals surface area contributed by atoms with Crippen LogP contribution in [0.15, 0.2) is 48.5 Å². The minimum atomic E-state index is -0.627. The molecule has 0 spiro atoms. The third-order valence-corrected chi connectivity index (χ3v) is 3.83. The molecule has 0 fully saturated rings. The van der Waals surface area contributed by atoms with E-state index in [0.717, 1.165) is 11.3 Å². The molecule has 0 aliphatic carbocycles. The molecule has 0 aliphatic rings. The molecule has 1 amide bonds. The maximum atomic E-state index is 11.8. The van der Waals surface area contributed by atoms with Crippen LogP contribution in [0, 0.1) is 0 Å². The SMILES string of the molecule is COc1ccc(CNC(=O)COC(=O)/C=C/c2ccc(OC)cc2OC)cc1. The molecule has 2 rings (SSSR count). The number of esters is 1. The molecule has 0 radical (unpaired) electrons. The van der Waals surface area contributed by atoms with Crippen molar-refractivity contribution >= 4 is 18.0 Å². The van der Waals surface area contributed by atoms with Crippen molar-refractivity contribution in [3.8, 4) is 17.2 Å². The zero-order chi connectivity index (χ0) is 20.4. The molecule has 7 heteroatoms. The number of nitrogens with one attached hydrogen (secondary N) is 1. The fourth-order valence-corrected chi connectivity index (χ4v) is 2.29. The molecule has 0 atom stereocenters. The Bertz CT molecular complexity index is 829. The van der Waals surface area contributed by atoms with Crippen LogP contribution >= 0.6 is 0 Å². The molecule has 0 unspecified atom stereocenters. The van der Waals surface area contributed by atoms with Crippen molar-refractivity contribution in [1.29, 1.82) is 0 Å². The van der Waals surface area contributed by atoms with Gasteiger partial charge in [-0.1, -0.05) is 12.1 Å². The molecule has 0 aromatic heterocycles. The second-order valence-electron chi connectivity index (χ2n) is 5.67. The quantitative estimate of drug-likeness (QED) is 0.528. The van der Waals surface area contributed by atoms with Crippen molar-refractivity contribution in [3.05, 3.63) is 59.7 Å². The monoisotopic (exact) mass is 385 g/mol. The van der Waals surface area contributed by atoms with Gasteiger partial charge < -0.3 is 24.3 Å². The van der Waals surface area contributed by atoms with E-state index in [1.54, 1.807) is 50.6 Å². The third-order valence-electron chi connectivity index (χ3n) is 3.83. The van der Waals surface area contributed by atoms with Gasteiger partial charge in [0, 0.05) is 24.3 Å². The van der Waals surface area contributed by atoms with Gasteiger partial charge in [-0.3, -0.25) is 4.79 Å². The van der Waals surface area contributed by atoms with Crippen molar-refractivity contribution < 1.29 is 28.5 Å². The van der Waals surface area contributed by atoms with E-state index in [9.17, 15) is 9.59 Å². The second kappa shape index (κ2) is 10.6. The lowest BCUT2D eigenvalue weighted by Crippen LogP contribution is -2.28. The van der Waals surface area contributed by atoms with Crippen LogP contribution in [0.5, 0.6) is 17.2 Å². The summed E-state index contributed by atoms with van der Waals surface area (Å²) in [6.07, 6.45) is 2.79. The Kier molecular flexibility index (Phi) is 7.90. The van der Waals surface area contributed by atoms with E-state index < -0.39 is 5.97 Å². The maximum absolute atomic E-state index is 11.8. The lowest BCUT2D eigenvalue weighted by molar-refractivity contribution is -0.143. The molecule has 0 saturated heterocycles. The van der Waals surface area contributed by atoms with Crippen LogP contribution in [-0.4, -0.2) is 39.8 Å². The molecular weight excluding hydrogens is 362 g/mol. The predicted octanol–water partition coefficient (Wildman–Crippen LogP) is 2.59. The van der Waals surface area contributed by atoms with Gasteiger partial charge in [0.15, 0.2) is 6.61 Å². The number of hydrogen-bond acceptors (Lipinski definition) is 6. The first kappa shape index (κ1) is 20.8. The van der Waals surface area contributed by atoms with Gasteiger partial charge in [-0.15, -0.1) is 0 Å². The van der Waals surface area contributed by atoms with Crippen molar-refractivity contribution in [2.45, 2.75) is 6.54 Å². The van der Waals surface area contributed by atoms with Crippen LogP contribution in [-0.2, 0) is 20.9 Å². The minimum absolute atomic E-state index is 0.333. The first-order valence-electron chi connectivity index (χ1n) is 8.52. The van der Waals surface area contributed by atoms with Gasteiger partial charge in [0.25, 0.3) is 5.91 Å². The van der Waals surface area contributed by atoms with Crippen molar-refractivity contribution in [3.63, 3.8) is 0 Å². The summed E-state index contributed by atoms with van der Waals surface area (Å²) >= 11 is 0. The maximum Gasteiger partial charge on any atom is 0.331 e. The molecule has 1 N–H and O–H groups in total. The van der Waals surface area contributed by atoms with Gasteiger partial charge in [0.05, 0.1) is 21.3 Å². The smallest absolute Gasteiger partial charge is 0.331 e. The highest BCUT2D eigenvalue weighted by atomic mass is 16.5. The van der Waals surface area contributed by atoms with Crippen molar-refractivity contribution in [2.75, 3.05) is 27.9 Å². The van der Waals surface area contributed by atoms with Gasteiger partial charge in [-0.2, -0.15) is 0 Å². The van der Waals surface area contributed by atoms with Gasteiger partial charge >= 0.3 is 5.97 Å². The van der Waals surface area contributed by atoms with Gasteiger partial charge in [0.2, 0.25) is 0 Å². The van der Waals surface area contributed by atoms with Crippen LogP contribution in [0.4, 0.5) is 0 Å². The van der Waals surface area contributed by atoms with Crippen molar-refractivity contribution in [1.82, 2.24) is 5.32 Å². The van der Waals surface area contributed by atoms with Gasteiger partial charge in [0.1, 0.15) is 17.2 Å². The highest BCUT2D eigenvalue weighted by Gasteiger charge is 2.07. The molecule has 0 bridgehead atoms. The van der Waals surface area contributed by atoms with E-state index in [-0.39, 0.29) is 12.5 Å². The zero-order valence-corrected chi connectivity index (χ0v) is 16.1. The Labute approximate surface area is 163 Å². The number of methoxy groups -OCH3 is 3. The largest absolute Gasteiger partial charge is 0.497 e. The molecule has 28 heavy (non-hydrogen) atoms. The summed E-state index contributed by atoms with van der Waals surface area (Å²) in [7, 11) is 4.67. The summed E-state index contributed by atoms with van der Waals surface area (Å²) in [5, 5.41) is 2.68. The Morgan fingerprint density at radius 3 is 2.25 bits per heavy atom. The fraction of sp³-hybridized carbons (Fsp3) is 0.238. The summed E-state index contributed by atoms with van der Waals surface area (Å²) in [5.41, 5.74) is 1.59. The van der Waals surface area contributed by atoms with E-state index in [4.69, 9.17) is 18.9 Å². The summed E-state index contributed by atoms with van der Waals surface area (Å²) in [6, 6.07) is 12.5. The number of benzene rings is 2. The van der Waals surface area contributed by atoms with Crippen LogP contribution in [0.1, 0.15) is 11.1 Å². The Balaban J connectivity index is 1.79. The van der Waals surface area contributed by atoms with Crippen molar-refractivity contribution in [2.24, 2.45) is 0 Å². The number of ether oxygens (including phenoxy) is 4. The van der Waals surface area contributed by atoms with Crippen LogP contribution in [0.3, 0.4) is 0 Å². The summed E-state index contributed by atoms with van der Waals surface area (Å²) in [4.78, 5) is 23.6.